The zero-order chi connectivity index (χ0) is 10.4. The summed E-state index contributed by atoms with van der Waals surface area (Å²) >= 11 is 7.52. The molecule has 0 aliphatic heterocycles. The van der Waals surface area contributed by atoms with Gasteiger partial charge in [-0.1, -0.05) is 25.4 Å². The molecule has 1 N–H and O–H groups in total. The summed E-state index contributed by atoms with van der Waals surface area (Å²) in [5.74, 6) is 0.790. The Morgan fingerprint density at radius 1 is 1.36 bits per heavy atom. The average Bonchev–Trinajstić information content (AvgIpc) is 2.50. The molecule has 0 amide bonds. The second-order valence-corrected chi connectivity index (χ2v) is 5.69. The minimum atomic E-state index is 0.790. The summed E-state index contributed by atoms with van der Waals surface area (Å²) in [5, 5.41) is 3.44. The molecule has 3 heteroatoms. The van der Waals surface area contributed by atoms with E-state index in [9.17, 15) is 0 Å². The van der Waals surface area contributed by atoms with Crippen LogP contribution in [0.1, 0.15) is 25.1 Å². The monoisotopic (exact) mass is 231 g/mol. The van der Waals surface area contributed by atoms with Crippen molar-refractivity contribution in [3.8, 4) is 0 Å². The van der Waals surface area contributed by atoms with Crippen LogP contribution in [-0.4, -0.2) is 13.1 Å². The predicted molar refractivity (Wildman–Crippen MR) is 65.4 cm³/mol. The zero-order valence-corrected chi connectivity index (χ0v) is 10.4. The molecule has 1 aromatic rings. The van der Waals surface area contributed by atoms with Crippen molar-refractivity contribution in [2.45, 2.75) is 26.7 Å². The quantitative estimate of drug-likeness (QED) is 0.738. The number of thiophene rings is 1. The molecule has 0 radical (unpaired) electrons. The van der Waals surface area contributed by atoms with Gasteiger partial charge in [-0.3, -0.25) is 0 Å². The van der Waals surface area contributed by atoms with Gasteiger partial charge >= 0.3 is 0 Å². The minimum Gasteiger partial charge on any atom is -0.316 e. The van der Waals surface area contributed by atoms with Crippen molar-refractivity contribution in [2.75, 3.05) is 13.1 Å². The zero-order valence-electron chi connectivity index (χ0n) is 8.85. The van der Waals surface area contributed by atoms with Gasteiger partial charge in [0.15, 0.2) is 0 Å². The minimum absolute atomic E-state index is 0.790. The van der Waals surface area contributed by atoms with Crippen molar-refractivity contribution in [2.24, 2.45) is 5.92 Å². The summed E-state index contributed by atoms with van der Waals surface area (Å²) in [6.07, 6.45) is 2.35. The van der Waals surface area contributed by atoms with E-state index in [2.05, 4.69) is 25.2 Å². The van der Waals surface area contributed by atoms with Gasteiger partial charge in [0.1, 0.15) is 0 Å². The second kappa shape index (κ2) is 6.44. The lowest BCUT2D eigenvalue weighted by Gasteiger charge is -2.05. The van der Waals surface area contributed by atoms with E-state index in [-0.39, 0.29) is 0 Å². The summed E-state index contributed by atoms with van der Waals surface area (Å²) in [6.45, 7) is 6.68. The van der Waals surface area contributed by atoms with Crippen LogP contribution in [0.15, 0.2) is 12.1 Å². The van der Waals surface area contributed by atoms with Crippen LogP contribution in [0.25, 0.3) is 0 Å². The lowest BCUT2D eigenvalue weighted by molar-refractivity contribution is 0.540. The first-order chi connectivity index (χ1) is 6.68. The van der Waals surface area contributed by atoms with E-state index in [1.807, 2.05) is 6.07 Å². The molecule has 0 unspecified atom stereocenters. The topological polar surface area (TPSA) is 12.0 Å². The highest BCUT2D eigenvalue weighted by molar-refractivity contribution is 7.16. The van der Waals surface area contributed by atoms with Crippen molar-refractivity contribution in [1.82, 2.24) is 5.32 Å². The average molecular weight is 232 g/mol. The molecule has 0 bridgehead atoms. The molecule has 0 saturated heterocycles. The number of nitrogens with one attached hydrogen (secondary N) is 1. The fourth-order valence-corrected chi connectivity index (χ4v) is 2.30. The van der Waals surface area contributed by atoms with Crippen molar-refractivity contribution in [3.63, 3.8) is 0 Å². The van der Waals surface area contributed by atoms with Gasteiger partial charge in [-0.2, -0.15) is 0 Å². The SMILES string of the molecule is CC(C)CCNCCc1ccc(Cl)s1. The van der Waals surface area contributed by atoms with Crippen LogP contribution in [0.4, 0.5) is 0 Å². The van der Waals surface area contributed by atoms with E-state index in [1.165, 1.54) is 11.3 Å². The van der Waals surface area contributed by atoms with Gasteiger partial charge in [-0.15, -0.1) is 11.3 Å². The molecule has 0 spiro atoms. The molecule has 0 aliphatic carbocycles. The van der Waals surface area contributed by atoms with E-state index in [4.69, 9.17) is 11.6 Å². The lowest BCUT2D eigenvalue weighted by atomic mass is 10.1. The smallest absolute Gasteiger partial charge is 0.0931 e. The van der Waals surface area contributed by atoms with Gasteiger partial charge in [0, 0.05) is 4.88 Å². The van der Waals surface area contributed by atoms with E-state index in [1.54, 1.807) is 11.3 Å². The van der Waals surface area contributed by atoms with Gasteiger partial charge in [-0.05, 0) is 44.0 Å². The molecule has 14 heavy (non-hydrogen) atoms. The highest BCUT2D eigenvalue weighted by Crippen LogP contribution is 2.21. The van der Waals surface area contributed by atoms with Crippen molar-refractivity contribution in [3.05, 3.63) is 21.3 Å². The van der Waals surface area contributed by atoms with E-state index < -0.39 is 0 Å². The normalized spacial score (nSPS) is 11.1. The second-order valence-electron chi connectivity index (χ2n) is 3.89. The maximum absolute atomic E-state index is 5.84. The van der Waals surface area contributed by atoms with Gasteiger partial charge < -0.3 is 5.32 Å². The van der Waals surface area contributed by atoms with Crippen LogP contribution in [0.2, 0.25) is 4.34 Å². The molecule has 1 heterocycles. The molecule has 1 nitrogen and oxygen atoms in total. The van der Waals surface area contributed by atoms with Crippen molar-refractivity contribution in [1.29, 1.82) is 0 Å². The van der Waals surface area contributed by atoms with Crippen LogP contribution in [-0.2, 0) is 6.42 Å². The molecule has 80 valence electrons. The first-order valence-corrected chi connectivity index (χ1v) is 6.33. The fraction of sp³-hybridized carbons (Fsp3) is 0.636. The summed E-state index contributed by atoms with van der Waals surface area (Å²) in [6, 6.07) is 4.08. The van der Waals surface area contributed by atoms with Gasteiger partial charge in [0.05, 0.1) is 4.34 Å². The Morgan fingerprint density at radius 3 is 2.71 bits per heavy atom. The number of hydrogen-bond acceptors (Lipinski definition) is 2. The Balaban J connectivity index is 2.04. The van der Waals surface area contributed by atoms with Crippen molar-refractivity contribution < 1.29 is 0 Å². The molecule has 1 rings (SSSR count). The molecule has 0 aliphatic rings. The highest BCUT2D eigenvalue weighted by atomic mass is 35.5. The fourth-order valence-electron chi connectivity index (χ4n) is 1.21. The molecule has 0 aromatic carbocycles. The molecule has 0 fully saturated rings. The van der Waals surface area contributed by atoms with E-state index in [0.29, 0.717) is 0 Å². The maximum Gasteiger partial charge on any atom is 0.0931 e. The molecule has 0 saturated carbocycles. The Hall–Kier alpha value is -0.0500. The Kier molecular flexibility index (Phi) is 5.53. The van der Waals surface area contributed by atoms with Crippen molar-refractivity contribution >= 4 is 22.9 Å². The van der Waals surface area contributed by atoms with Gasteiger partial charge in [0.25, 0.3) is 0 Å². The summed E-state index contributed by atoms with van der Waals surface area (Å²) in [5.41, 5.74) is 0. The maximum atomic E-state index is 5.84. The van der Waals surface area contributed by atoms with Gasteiger partial charge in [-0.25, -0.2) is 0 Å². The first-order valence-electron chi connectivity index (χ1n) is 5.13. The number of halogens is 1. The van der Waals surface area contributed by atoms with Crippen LogP contribution in [0, 0.1) is 5.92 Å². The summed E-state index contributed by atoms with van der Waals surface area (Å²) in [7, 11) is 0. The Labute approximate surface area is 95.5 Å². The number of rotatable bonds is 6. The first kappa shape index (κ1) is 12.0. The van der Waals surface area contributed by atoms with Crippen LogP contribution < -0.4 is 5.32 Å². The third-order valence-corrected chi connectivity index (χ3v) is 3.37. The highest BCUT2D eigenvalue weighted by Gasteiger charge is 1.97. The predicted octanol–water partition coefficient (Wildman–Crippen LogP) is 3.58. The largest absolute Gasteiger partial charge is 0.316 e. The molecule has 1 aromatic heterocycles. The van der Waals surface area contributed by atoms with Crippen LogP contribution >= 0.6 is 22.9 Å². The third kappa shape index (κ3) is 4.99. The summed E-state index contributed by atoms with van der Waals surface area (Å²) < 4.78 is 0.891. The van der Waals surface area contributed by atoms with E-state index in [0.717, 1.165) is 29.8 Å². The third-order valence-electron chi connectivity index (χ3n) is 2.08. The summed E-state index contributed by atoms with van der Waals surface area (Å²) in [4.78, 5) is 1.37. The molecular weight excluding hydrogens is 214 g/mol. The van der Waals surface area contributed by atoms with Crippen LogP contribution in [0.5, 0.6) is 0 Å². The molecule has 0 atom stereocenters. The van der Waals surface area contributed by atoms with Crippen LogP contribution in [0.3, 0.4) is 0 Å². The Morgan fingerprint density at radius 2 is 2.14 bits per heavy atom. The molecular formula is C11H18ClNS. The van der Waals surface area contributed by atoms with Gasteiger partial charge in [0.2, 0.25) is 0 Å². The number of hydrogen-bond donors (Lipinski definition) is 1. The Bertz CT molecular complexity index is 258. The lowest BCUT2D eigenvalue weighted by Crippen LogP contribution is -2.19. The standard InChI is InChI=1S/C11H18ClNS/c1-9(2)5-7-13-8-6-10-3-4-11(12)14-10/h3-4,9,13H,5-8H2,1-2H3. The van der Waals surface area contributed by atoms with E-state index >= 15 is 0 Å².